The molecule has 0 heterocycles. The maximum absolute atomic E-state index is 6.19. The van der Waals surface area contributed by atoms with Gasteiger partial charge in [0, 0.05) is 20.6 Å². The first-order valence-corrected chi connectivity index (χ1v) is 6.13. The summed E-state index contributed by atoms with van der Waals surface area (Å²) in [4.78, 5) is 2.04. The minimum absolute atomic E-state index is 0.675. The zero-order valence-electron chi connectivity index (χ0n) is 10.5. The third-order valence-electron chi connectivity index (χ3n) is 2.77. The highest BCUT2D eigenvalue weighted by Crippen LogP contribution is 2.32. The average molecular weight is 241 g/mol. The maximum atomic E-state index is 6.19. The molecule has 0 radical (unpaired) electrons. The lowest BCUT2D eigenvalue weighted by molar-refractivity contribution is 0.593. The van der Waals surface area contributed by atoms with E-state index in [-0.39, 0.29) is 0 Å². The van der Waals surface area contributed by atoms with Crippen molar-refractivity contribution in [3.63, 3.8) is 0 Å². The molecule has 1 N–H and O–H groups in total. The normalized spacial score (nSPS) is 12.3. The van der Waals surface area contributed by atoms with Gasteiger partial charge < -0.3 is 10.2 Å². The highest BCUT2D eigenvalue weighted by molar-refractivity contribution is 6.34. The first kappa shape index (κ1) is 13.2. The van der Waals surface area contributed by atoms with Gasteiger partial charge in [-0.2, -0.15) is 0 Å². The van der Waals surface area contributed by atoms with Crippen molar-refractivity contribution in [2.75, 3.05) is 30.9 Å². The fraction of sp³-hybridized carbons (Fsp3) is 0.538. The molecule has 16 heavy (non-hydrogen) atoms. The van der Waals surface area contributed by atoms with Crippen LogP contribution in [0.3, 0.4) is 0 Å². The Morgan fingerprint density at radius 3 is 2.62 bits per heavy atom. The molecule has 2 nitrogen and oxygen atoms in total. The number of para-hydroxylation sites is 1. The van der Waals surface area contributed by atoms with Crippen LogP contribution in [0.25, 0.3) is 0 Å². The predicted octanol–water partition coefficient (Wildman–Crippen LogP) is 3.86. The van der Waals surface area contributed by atoms with Gasteiger partial charge in [0.1, 0.15) is 0 Å². The van der Waals surface area contributed by atoms with Crippen LogP contribution in [-0.4, -0.2) is 20.6 Å². The molecule has 1 rings (SSSR count). The Hall–Kier alpha value is -0.890. The second-order valence-corrected chi connectivity index (χ2v) is 4.83. The van der Waals surface area contributed by atoms with Crippen molar-refractivity contribution in [1.29, 1.82) is 0 Å². The lowest BCUT2D eigenvalue weighted by Gasteiger charge is -2.21. The molecule has 0 spiro atoms. The van der Waals surface area contributed by atoms with E-state index < -0.39 is 0 Å². The van der Waals surface area contributed by atoms with Crippen LogP contribution in [0.15, 0.2) is 18.2 Å². The standard InChI is InChI=1S/C13H21ClN2/c1-5-10(2)9-15-12-8-6-7-11(14)13(12)16(3)4/h6-8,10,15H,5,9H2,1-4H3. The van der Waals surface area contributed by atoms with E-state index in [4.69, 9.17) is 11.6 Å². The van der Waals surface area contributed by atoms with Crippen molar-refractivity contribution in [2.24, 2.45) is 5.92 Å². The molecular formula is C13H21ClN2. The zero-order chi connectivity index (χ0) is 12.1. The van der Waals surface area contributed by atoms with E-state index in [1.54, 1.807) is 0 Å². The number of nitrogens with zero attached hydrogens (tertiary/aromatic N) is 1. The number of anilines is 2. The predicted molar refractivity (Wildman–Crippen MR) is 73.7 cm³/mol. The van der Waals surface area contributed by atoms with Gasteiger partial charge in [-0.15, -0.1) is 0 Å². The molecule has 0 aliphatic rings. The van der Waals surface area contributed by atoms with Crippen LogP contribution in [0.1, 0.15) is 20.3 Å². The Balaban J connectivity index is 2.83. The first-order valence-electron chi connectivity index (χ1n) is 5.76. The van der Waals surface area contributed by atoms with Gasteiger partial charge in [0.05, 0.1) is 16.4 Å². The zero-order valence-corrected chi connectivity index (χ0v) is 11.3. The van der Waals surface area contributed by atoms with E-state index in [1.807, 2.05) is 31.1 Å². The van der Waals surface area contributed by atoms with Gasteiger partial charge >= 0.3 is 0 Å². The molecule has 90 valence electrons. The van der Waals surface area contributed by atoms with Gasteiger partial charge in [-0.3, -0.25) is 0 Å². The topological polar surface area (TPSA) is 15.3 Å². The summed E-state index contributed by atoms with van der Waals surface area (Å²) in [6, 6.07) is 5.98. The summed E-state index contributed by atoms with van der Waals surface area (Å²) in [7, 11) is 4.02. The quantitative estimate of drug-likeness (QED) is 0.841. The number of nitrogens with one attached hydrogen (secondary N) is 1. The Kier molecular flexibility index (Phi) is 4.94. The summed E-state index contributed by atoms with van der Waals surface area (Å²) in [5.41, 5.74) is 2.17. The monoisotopic (exact) mass is 240 g/mol. The van der Waals surface area contributed by atoms with Crippen LogP contribution < -0.4 is 10.2 Å². The van der Waals surface area contributed by atoms with Crippen LogP contribution in [0.2, 0.25) is 5.02 Å². The highest BCUT2D eigenvalue weighted by Gasteiger charge is 2.09. The van der Waals surface area contributed by atoms with Gasteiger partial charge in [0.15, 0.2) is 0 Å². The van der Waals surface area contributed by atoms with Gasteiger partial charge in [-0.25, -0.2) is 0 Å². The third kappa shape index (κ3) is 3.31. The molecule has 3 heteroatoms. The van der Waals surface area contributed by atoms with Crippen molar-refractivity contribution in [1.82, 2.24) is 0 Å². The van der Waals surface area contributed by atoms with Gasteiger partial charge in [-0.1, -0.05) is 37.9 Å². The van der Waals surface area contributed by atoms with Crippen molar-refractivity contribution in [3.8, 4) is 0 Å². The minimum Gasteiger partial charge on any atom is -0.383 e. The molecule has 0 saturated carbocycles. The molecule has 0 fully saturated rings. The van der Waals surface area contributed by atoms with Gasteiger partial charge in [-0.05, 0) is 18.1 Å². The maximum Gasteiger partial charge on any atom is 0.0786 e. The molecule has 0 aliphatic heterocycles. The number of hydrogen-bond donors (Lipinski definition) is 1. The smallest absolute Gasteiger partial charge is 0.0786 e. The summed E-state index contributed by atoms with van der Waals surface area (Å²) >= 11 is 6.19. The summed E-state index contributed by atoms with van der Waals surface area (Å²) in [6.45, 7) is 5.43. The van der Waals surface area contributed by atoms with Crippen molar-refractivity contribution < 1.29 is 0 Å². The van der Waals surface area contributed by atoms with Crippen LogP contribution >= 0.6 is 11.6 Å². The Morgan fingerprint density at radius 1 is 1.38 bits per heavy atom. The van der Waals surface area contributed by atoms with E-state index in [0.29, 0.717) is 5.92 Å². The fourth-order valence-corrected chi connectivity index (χ4v) is 1.88. The van der Waals surface area contributed by atoms with Crippen LogP contribution in [0.4, 0.5) is 11.4 Å². The third-order valence-corrected chi connectivity index (χ3v) is 3.08. The summed E-state index contributed by atoms with van der Waals surface area (Å²) in [5, 5.41) is 4.25. The number of benzene rings is 1. The van der Waals surface area contributed by atoms with Crippen LogP contribution in [0, 0.1) is 5.92 Å². The largest absolute Gasteiger partial charge is 0.383 e. The van der Waals surface area contributed by atoms with Crippen LogP contribution in [-0.2, 0) is 0 Å². The molecular weight excluding hydrogens is 220 g/mol. The Bertz CT molecular complexity index is 337. The molecule has 1 unspecified atom stereocenters. The highest BCUT2D eigenvalue weighted by atomic mass is 35.5. The Morgan fingerprint density at radius 2 is 2.06 bits per heavy atom. The van der Waals surface area contributed by atoms with E-state index in [2.05, 4.69) is 25.2 Å². The van der Waals surface area contributed by atoms with E-state index in [1.165, 1.54) is 6.42 Å². The van der Waals surface area contributed by atoms with Crippen molar-refractivity contribution in [2.45, 2.75) is 20.3 Å². The van der Waals surface area contributed by atoms with E-state index >= 15 is 0 Å². The van der Waals surface area contributed by atoms with Gasteiger partial charge in [0.2, 0.25) is 0 Å². The average Bonchev–Trinajstić information content (AvgIpc) is 2.25. The number of halogens is 1. The summed E-state index contributed by atoms with van der Waals surface area (Å²) in [6.07, 6.45) is 1.19. The lowest BCUT2D eigenvalue weighted by atomic mass is 10.1. The minimum atomic E-state index is 0.675. The fourth-order valence-electron chi connectivity index (χ4n) is 1.54. The first-order chi connectivity index (χ1) is 7.56. The van der Waals surface area contributed by atoms with Crippen molar-refractivity contribution in [3.05, 3.63) is 23.2 Å². The lowest BCUT2D eigenvalue weighted by Crippen LogP contribution is -2.15. The SMILES string of the molecule is CCC(C)CNc1cccc(Cl)c1N(C)C. The number of rotatable bonds is 5. The number of hydrogen-bond acceptors (Lipinski definition) is 2. The molecule has 0 bridgehead atoms. The molecule has 1 aromatic rings. The molecule has 1 aromatic carbocycles. The summed E-state index contributed by atoms with van der Waals surface area (Å²) in [5.74, 6) is 0.675. The Labute approximate surface area is 104 Å². The van der Waals surface area contributed by atoms with Gasteiger partial charge in [0.25, 0.3) is 0 Å². The molecule has 0 aromatic heterocycles. The van der Waals surface area contributed by atoms with Crippen molar-refractivity contribution >= 4 is 23.0 Å². The van der Waals surface area contributed by atoms with E-state index in [0.717, 1.165) is 22.9 Å². The van der Waals surface area contributed by atoms with Crippen LogP contribution in [0.5, 0.6) is 0 Å². The summed E-state index contributed by atoms with van der Waals surface area (Å²) < 4.78 is 0. The second-order valence-electron chi connectivity index (χ2n) is 4.42. The molecule has 0 aliphatic carbocycles. The second kappa shape index (κ2) is 6.00. The molecule has 0 saturated heterocycles. The molecule has 0 amide bonds. The van der Waals surface area contributed by atoms with E-state index in [9.17, 15) is 0 Å². The molecule has 1 atom stereocenters.